The average Bonchev–Trinajstić information content (AvgIpc) is 3.42. The monoisotopic (exact) mass is 424 g/mol. The van der Waals surface area contributed by atoms with Crippen molar-refractivity contribution in [3.8, 4) is 11.5 Å². The minimum atomic E-state index is -1.08. The number of nitrogens with zero attached hydrogens (tertiary/aromatic N) is 2. The Labute approximate surface area is 178 Å². The minimum absolute atomic E-state index is 0.180. The molecule has 1 fully saturated rings. The summed E-state index contributed by atoms with van der Waals surface area (Å²) < 4.78 is 16.6. The third kappa shape index (κ3) is 2.70. The molecule has 2 aromatic rings. The van der Waals surface area contributed by atoms with Crippen LogP contribution >= 0.6 is 11.8 Å². The van der Waals surface area contributed by atoms with Gasteiger partial charge in [0.1, 0.15) is 11.5 Å². The quantitative estimate of drug-likeness (QED) is 0.702. The second kappa shape index (κ2) is 7.05. The fraction of sp³-hybridized carbons (Fsp3) is 0.318. The van der Waals surface area contributed by atoms with E-state index >= 15 is 0 Å². The lowest BCUT2D eigenvalue weighted by Crippen LogP contribution is -2.50. The molecule has 2 aromatic carbocycles. The molecule has 3 aliphatic heterocycles. The number of rotatable bonds is 3. The zero-order chi connectivity index (χ0) is 20.9. The molecule has 154 valence electrons. The van der Waals surface area contributed by atoms with Gasteiger partial charge in [-0.3, -0.25) is 9.59 Å². The van der Waals surface area contributed by atoms with E-state index in [2.05, 4.69) is 5.10 Å². The van der Waals surface area contributed by atoms with Crippen molar-refractivity contribution >= 4 is 35.0 Å². The first kappa shape index (κ1) is 19.0. The van der Waals surface area contributed by atoms with E-state index in [9.17, 15) is 9.59 Å². The molecule has 0 saturated carbocycles. The van der Waals surface area contributed by atoms with Gasteiger partial charge in [0.25, 0.3) is 5.91 Å². The highest BCUT2D eigenvalue weighted by Gasteiger charge is 2.65. The molecule has 0 bridgehead atoms. The van der Waals surface area contributed by atoms with Gasteiger partial charge >= 0.3 is 5.97 Å². The molecule has 3 atom stereocenters. The first-order valence-electron chi connectivity index (χ1n) is 9.65. The lowest BCUT2D eigenvalue weighted by molar-refractivity contribution is -0.151. The summed E-state index contributed by atoms with van der Waals surface area (Å²) in [6.45, 7) is 3.38. The Kier molecular flexibility index (Phi) is 4.47. The smallest absolute Gasteiger partial charge is 0.302 e. The fourth-order valence-corrected chi connectivity index (χ4v) is 6.13. The summed E-state index contributed by atoms with van der Waals surface area (Å²) in [5.41, 5.74) is 1.15. The highest BCUT2D eigenvalue weighted by molar-refractivity contribution is 8.00. The van der Waals surface area contributed by atoms with Crippen molar-refractivity contribution in [1.29, 1.82) is 0 Å². The zero-order valence-electron chi connectivity index (χ0n) is 16.5. The summed E-state index contributed by atoms with van der Waals surface area (Å²) in [7, 11) is 0. The number of ether oxygens (including phenoxy) is 3. The third-order valence-electron chi connectivity index (χ3n) is 5.74. The minimum Gasteiger partial charge on any atom is -0.460 e. The maximum Gasteiger partial charge on any atom is 0.302 e. The van der Waals surface area contributed by atoms with Gasteiger partial charge in [-0.15, -0.1) is 11.8 Å². The SMILES string of the molecule is CC(=O)O[C@H]1CS[C@@H](c2ccc3c(c2)OCO3)[C@]12C(=O)N(c1ccccc1)N=C2C. The van der Waals surface area contributed by atoms with Gasteiger partial charge in [0.2, 0.25) is 6.79 Å². The maximum atomic E-state index is 13.9. The van der Waals surface area contributed by atoms with Crippen LogP contribution in [-0.4, -0.2) is 36.2 Å². The van der Waals surface area contributed by atoms with Crippen LogP contribution in [-0.2, 0) is 14.3 Å². The Morgan fingerprint density at radius 1 is 1.20 bits per heavy atom. The summed E-state index contributed by atoms with van der Waals surface area (Å²) in [5, 5.41) is 5.77. The van der Waals surface area contributed by atoms with Gasteiger partial charge in [-0.1, -0.05) is 24.3 Å². The molecule has 1 amide bonds. The zero-order valence-corrected chi connectivity index (χ0v) is 17.3. The van der Waals surface area contributed by atoms with Crippen LogP contribution in [0.4, 0.5) is 5.69 Å². The standard InChI is InChI=1S/C22H20N2O5S/c1-13-22(21(26)24(23-13)16-6-4-3-5-7-16)19(29-14(2)25)11-30-20(22)15-8-9-17-18(10-15)28-12-27-17/h3-10,19-20H,11-12H2,1-2H3/t19-,20-,22+/m0/s1. The van der Waals surface area contributed by atoms with Crippen LogP contribution < -0.4 is 14.5 Å². The Balaban J connectivity index is 1.61. The summed E-state index contributed by atoms with van der Waals surface area (Å²) in [5.74, 6) is 1.23. The Bertz CT molecular complexity index is 1060. The van der Waals surface area contributed by atoms with Crippen LogP contribution in [0.2, 0.25) is 0 Å². The molecular formula is C22H20N2O5S. The number of carbonyl (C=O) groups is 2. The van der Waals surface area contributed by atoms with Gasteiger partial charge in [-0.25, -0.2) is 0 Å². The van der Waals surface area contributed by atoms with E-state index in [1.54, 1.807) is 11.8 Å². The second-order valence-electron chi connectivity index (χ2n) is 7.43. The van der Waals surface area contributed by atoms with Crippen LogP contribution in [0.15, 0.2) is 53.6 Å². The third-order valence-corrected chi connectivity index (χ3v) is 7.21. The van der Waals surface area contributed by atoms with E-state index in [1.807, 2.05) is 55.5 Å². The van der Waals surface area contributed by atoms with Gasteiger partial charge in [0.05, 0.1) is 16.6 Å². The van der Waals surface area contributed by atoms with E-state index in [-0.39, 0.29) is 18.0 Å². The van der Waals surface area contributed by atoms with Crippen molar-refractivity contribution < 1.29 is 23.8 Å². The average molecular weight is 424 g/mol. The van der Waals surface area contributed by atoms with Crippen molar-refractivity contribution in [3.05, 3.63) is 54.1 Å². The normalized spacial score (nSPS) is 26.9. The molecule has 30 heavy (non-hydrogen) atoms. The number of para-hydroxylation sites is 1. The number of thioether (sulfide) groups is 1. The Hall–Kier alpha value is -3.00. The number of anilines is 1. The number of esters is 1. The van der Waals surface area contributed by atoms with Crippen LogP contribution in [0.25, 0.3) is 0 Å². The van der Waals surface area contributed by atoms with Crippen LogP contribution in [0, 0.1) is 5.41 Å². The van der Waals surface area contributed by atoms with Crippen LogP contribution in [0.5, 0.6) is 11.5 Å². The summed E-state index contributed by atoms with van der Waals surface area (Å²) in [6.07, 6.45) is -0.611. The number of hydrogen-bond acceptors (Lipinski definition) is 7. The van der Waals surface area contributed by atoms with Crippen LogP contribution in [0.3, 0.4) is 0 Å². The highest BCUT2D eigenvalue weighted by Crippen LogP contribution is 2.59. The van der Waals surface area contributed by atoms with Gasteiger partial charge < -0.3 is 14.2 Å². The molecule has 1 saturated heterocycles. The molecule has 1 spiro atoms. The van der Waals surface area contributed by atoms with Gasteiger partial charge in [-0.05, 0) is 36.8 Å². The number of hydrogen-bond donors (Lipinski definition) is 0. The van der Waals surface area contributed by atoms with Gasteiger partial charge in [0.15, 0.2) is 11.5 Å². The number of fused-ring (bicyclic) bond motifs is 1. The number of hydrazone groups is 1. The van der Waals surface area contributed by atoms with E-state index < -0.39 is 17.5 Å². The first-order valence-corrected chi connectivity index (χ1v) is 10.7. The van der Waals surface area contributed by atoms with Crippen molar-refractivity contribution in [2.45, 2.75) is 25.2 Å². The largest absolute Gasteiger partial charge is 0.460 e. The lowest BCUT2D eigenvalue weighted by atomic mass is 9.73. The number of amides is 1. The van der Waals surface area contributed by atoms with Crippen LogP contribution in [0.1, 0.15) is 24.7 Å². The number of carbonyl (C=O) groups excluding carboxylic acids is 2. The molecule has 0 aromatic heterocycles. The van der Waals surface area contributed by atoms with E-state index in [1.165, 1.54) is 11.9 Å². The van der Waals surface area contributed by atoms with Gasteiger partial charge in [-0.2, -0.15) is 10.1 Å². The summed E-state index contributed by atoms with van der Waals surface area (Å²) >= 11 is 1.59. The highest BCUT2D eigenvalue weighted by atomic mass is 32.2. The van der Waals surface area contributed by atoms with Crippen molar-refractivity contribution in [3.63, 3.8) is 0 Å². The van der Waals surface area contributed by atoms with E-state index in [0.29, 0.717) is 28.7 Å². The first-order chi connectivity index (χ1) is 14.5. The molecular weight excluding hydrogens is 404 g/mol. The molecule has 3 aliphatic rings. The molecule has 8 heteroatoms. The van der Waals surface area contributed by atoms with Gasteiger partial charge in [0, 0.05) is 12.7 Å². The topological polar surface area (TPSA) is 77.4 Å². The summed E-state index contributed by atoms with van der Waals surface area (Å²) in [6, 6.07) is 15.0. The van der Waals surface area contributed by atoms with Crippen molar-refractivity contribution in [1.82, 2.24) is 0 Å². The van der Waals surface area contributed by atoms with E-state index in [0.717, 1.165) is 5.56 Å². The molecule has 3 heterocycles. The maximum absolute atomic E-state index is 13.9. The molecule has 0 N–H and O–H groups in total. The molecule has 0 aliphatic carbocycles. The Morgan fingerprint density at radius 2 is 1.97 bits per heavy atom. The summed E-state index contributed by atoms with van der Waals surface area (Å²) in [4.78, 5) is 25.8. The number of benzene rings is 2. The fourth-order valence-electron chi connectivity index (χ4n) is 4.40. The predicted molar refractivity (Wildman–Crippen MR) is 113 cm³/mol. The molecule has 0 radical (unpaired) electrons. The van der Waals surface area contributed by atoms with Crippen molar-refractivity contribution in [2.24, 2.45) is 10.5 Å². The predicted octanol–water partition coefficient (Wildman–Crippen LogP) is 3.54. The second-order valence-corrected chi connectivity index (χ2v) is 8.57. The van der Waals surface area contributed by atoms with Crippen molar-refractivity contribution in [2.75, 3.05) is 17.6 Å². The molecule has 7 nitrogen and oxygen atoms in total. The Morgan fingerprint density at radius 3 is 2.73 bits per heavy atom. The molecule has 0 unspecified atom stereocenters. The molecule has 5 rings (SSSR count). The lowest BCUT2D eigenvalue weighted by Gasteiger charge is -2.33. The van der Waals surface area contributed by atoms with E-state index in [4.69, 9.17) is 14.2 Å².